The van der Waals surface area contributed by atoms with Crippen molar-refractivity contribution in [3.8, 4) is 0 Å². The average Bonchev–Trinajstić information content (AvgIpc) is 3.68. The van der Waals surface area contributed by atoms with Crippen molar-refractivity contribution in [3.05, 3.63) is 44.6 Å². The molecule has 2 N–H and O–H groups in total. The number of anilines is 1. The molecular weight excluding hydrogens is 615 g/mol. The fraction of sp³-hybridized carbons (Fsp3) is 0.462. The maximum atomic E-state index is 13.7. The molecule has 1 saturated carbocycles. The minimum absolute atomic E-state index is 0.120. The molecule has 1 aliphatic heterocycles. The van der Waals surface area contributed by atoms with Gasteiger partial charge in [-0.1, -0.05) is 29.3 Å². The number of halogens is 2. The van der Waals surface area contributed by atoms with E-state index in [1.807, 2.05) is 0 Å². The molecule has 41 heavy (non-hydrogen) atoms. The number of carbonyl (C=O) groups excluding carboxylic acids is 4. The predicted molar refractivity (Wildman–Crippen MR) is 155 cm³/mol. The highest BCUT2D eigenvalue weighted by Gasteiger charge is 2.39. The number of esters is 1. The number of nitrogens with zero attached hydrogens (tertiary/aromatic N) is 2. The molecule has 1 unspecified atom stereocenters. The van der Waals surface area contributed by atoms with Gasteiger partial charge < -0.3 is 19.9 Å². The van der Waals surface area contributed by atoms with Crippen molar-refractivity contribution in [1.82, 2.24) is 14.9 Å². The first-order valence-corrected chi connectivity index (χ1v) is 16.2. The SMILES string of the molecule is CCOC(=O)CN(C(=O)C(CNC(=O)c1ccc(Cl)s1)NS(=O)(=O)c1cccc(N2CCCCC2=O)c1Cl)C1CC1. The highest BCUT2D eigenvalue weighted by Crippen LogP contribution is 2.34. The highest BCUT2D eigenvalue weighted by molar-refractivity contribution is 7.89. The quantitative estimate of drug-likeness (QED) is 0.338. The summed E-state index contributed by atoms with van der Waals surface area (Å²) in [4.78, 5) is 53.8. The van der Waals surface area contributed by atoms with Crippen LogP contribution in [0.25, 0.3) is 0 Å². The minimum atomic E-state index is -4.45. The first-order valence-electron chi connectivity index (χ1n) is 13.1. The average molecular weight is 646 g/mol. The number of sulfonamides is 1. The van der Waals surface area contributed by atoms with Crippen LogP contribution in [0.15, 0.2) is 35.2 Å². The van der Waals surface area contributed by atoms with Gasteiger partial charge in [0.05, 0.1) is 26.5 Å². The lowest BCUT2D eigenvalue weighted by Gasteiger charge is -2.29. The lowest BCUT2D eigenvalue weighted by atomic mass is 10.1. The summed E-state index contributed by atoms with van der Waals surface area (Å²) in [6.45, 7) is 1.38. The topological polar surface area (TPSA) is 142 Å². The fourth-order valence-electron chi connectivity index (χ4n) is 4.44. The second-order valence-corrected chi connectivity index (χ2v) is 13.4. The lowest BCUT2D eigenvalue weighted by Crippen LogP contribution is -2.55. The van der Waals surface area contributed by atoms with Crippen molar-refractivity contribution >= 4 is 73.9 Å². The summed E-state index contributed by atoms with van der Waals surface area (Å²) in [6.07, 6.45) is 3.10. The van der Waals surface area contributed by atoms with Gasteiger partial charge in [-0.05, 0) is 56.9 Å². The van der Waals surface area contributed by atoms with Crippen LogP contribution < -0.4 is 14.9 Å². The van der Waals surface area contributed by atoms with E-state index < -0.39 is 40.4 Å². The molecule has 11 nitrogen and oxygen atoms in total. The van der Waals surface area contributed by atoms with Crippen molar-refractivity contribution in [2.24, 2.45) is 0 Å². The third kappa shape index (κ3) is 7.77. The normalized spacial score (nSPS) is 16.3. The van der Waals surface area contributed by atoms with E-state index in [0.29, 0.717) is 30.1 Å². The molecule has 3 amide bonds. The second kappa shape index (κ2) is 13.5. The van der Waals surface area contributed by atoms with Crippen LogP contribution in [0, 0.1) is 0 Å². The Labute approximate surface area is 252 Å². The van der Waals surface area contributed by atoms with Crippen molar-refractivity contribution in [3.63, 3.8) is 0 Å². The van der Waals surface area contributed by atoms with Crippen LogP contribution in [0.5, 0.6) is 0 Å². The number of rotatable bonds is 12. The number of amides is 3. The number of benzene rings is 1. The van der Waals surface area contributed by atoms with Gasteiger partial charge >= 0.3 is 5.97 Å². The summed E-state index contributed by atoms with van der Waals surface area (Å²) in [5, 5.41) is 2.42. The van der Waals surface area contributed by atoms with Gasteiger partial charge in [0.1, 0.15) is 17.5 Å². The Bertz CT molecular complexity index is 1430. The van der Waals surface area contributed by atoms with E-state index in [-0.39, 0.29) is 45.6 Å². The second-order valence-electron chi connectivity index (χ2n) is 9.58. The Kier molecular flexibility index (Phi) is 10.3. The number of carbonyl (C=O) groups is 4. The first kappa shape index (κ1) is 31.2. The van der Waals surface area contributed by atoms with E-state index in [9.17, 15) is 27.6 Å². The smallest absolute Gasteiger partial charge is 0.325 e. The molecule has 2 fully saturated rings. The molecule has 222 valence electrons. The van der Waals surface area contributed by atoms with Crippen molar-refractivity contribution in [2.75, 3.05) is 31.1 Å². The number of hydrogen-bond acceptors (Lipinski definition) is 8. The van der Waals surface area contributed by atoms with Crippen LogP contribution in [0.1, 0.15) is 48.7 Å². The summed E-state index contributed by atoms with van der Waals surface area (Å²) >= 11 is 13.5. The van der Waals surface area contributed by atoms with Crippen molar-refractivity contribution < 1.29 is 32.3 Å². The van der Waals surface area contributed by atoms with Crippen LogP contribution in [0.3, 0.4) is 0 Å². The zero-order chi connectivity index (χ0) is 29.7. The van der Waals surface area contributed by atoms with Gasteiger partial charge in [-0.25, -0.2) is 8.42 Å². The molecule has 2 aliphatic rings. The zero-order valence-electron chi connectivity index (χ0n) is 22.2. The molecular formula is C26H30Cl2N4O7S2. The summed E-state index contributed by atoms with van der Waals surface area (Å²) in [7, 11) is -4.45. The Morgan fingerprint density at radius 2 is 1.93 bits per heavy atom. The standard InChI is InChI=1S/C26H30Cl2N4O7S2/c1-2-39-23(34)15-32(16-9-10-16)26(36)17(14-29-25(35)19-11-12-21(27)40-19)30-41(37,38)20-7-5-6-18(24(20)28)31-13-4-3-8-22(31)33/h5-7,11-12,16-17,30H,2-4,8-10,13-15H2,1H3,(H,29,35). The number of ether oxygens (including phenoxy) is 1. The molecule has 0 spiro atoms. The van der Waals surface area contributed by atoms with E-state index >= 15 is 0 Å². The van der Waals surface area contributed by atoms with Crippen LogP contribution >= 0.6 is 34.5 Å². The third-order valence-corrected chi connectivity index (χ3v) is 9.83. The van der Waals surface area contributed by atoms with Gasteiger partial charge in [-0.3, -0.25) is 19.2 Å². The van der Waals surface area contributed by atoms with E-state index in [1.54, 1.807) is 19.1 Å². The molecule has 2 heterocycles. The molecule has 15 heteroatoms. The molecule has 2 aromatic rings. The Morgan fingerprint density at radius 1 is 1.17 bits per heavy atom. The van der Waals surface area contributed by atoms with E-state index in [2.05, 4.69) is 10.0 Å². The number of piperidine rings is 1. The molecule has 4 rings (SSSR count). The Hall–Kier alpha value is -2.71. The Balaban J connectivity index is 1.61. The molecule has 1 saturated heterocycles. The molecule has 1 aromatic carbocycles. The van der Waals surface area contributed by atoms with Crippen LogP contribution in [-0.4, -0.2) is 75.3 Å². The van der Waals surface area contributed by atoms with Gasteiger partial charge in [0.25, 0.3) is 5.91 Å². The van der Waals surface area contributed by atoms with Crippen LogP contribution in [0.2, 0.25) is 9.36 Å². The van der Waals surface area contributed by atoms with E-state index in [0.717, 1.165) is 24.2 Å². The summed E-state index contributed by atoms with van der Waals surface area (Å²) in [5.41, 5.74) is 0.256. The number of nitrogens with one attached hydrogen (secondary N) is 2. The number of thiophene rings is 1. The molecule has 1 atom stereocenters. The van der Waals surface area contributed by atoms with Gasteiger partial charge in [-0.2, -0.15) is 4.72 Å². The highest BCUT2D eigenvalue weighted by atomic mass is 35.5. The third-order valence-electron chi connectivity index (χ3n) is 6.58. The monoisotopic (exact) mass is 644 g/mol. The van der Waals surface area contributed by atoms with Crippen molar-refractivity contribution in [1.29, 1.82) is 0 Å². The van der Waals surface area contributed by atoms with Crippen LogP contribution in [-0.2, 0) is 29.1 Å². The summed E-state index contributed by atoms with van der Waals surface area (Å²) in [5.74, 6) is -2.05. The Morgan fingerprint density at radius 3 is 2.56 bits per heavy atom. The van der Waals surface area contributed by atoms with Crippen LogP contribution in [0.4, 0.5) is 5.69 Å². The van der Waals surface area contributed by atoms with Gasteiger partial charge in [0, 0.05) is 25.6 Å². The van der Waals surface area contributed by atoms with Gasteiger partial charge in [0.2, 0.25) is 21.8 Å². The zero-order valence-corrected chi connectivity index (χ0v) is 25.4. The summed E-state index contributed by atoms with van der Waals surface area (Å²) in [6, 6.07) is 5.61. The maximum Gasteiger partial charge on any atom is 0.325 e. The fourth-order valence-corrected chi connectivity index (χ4v) is 7.22. The molecule has 1 aromatic heterocycles. The van der Waals surface area contributed by atoms with E-state index in [1.165, 1.54) is 28.0 Å². The molecule has 0 radical (unpaired) electrons. The largest absolute Gasteiger partial charge is 0.465 e. The van der Waals surface area contributed by atoms with Gasteiger partial charge in [-0.15, -0.1) is 11.3 Å². The van der Waals surface area contributed by atoms with Crippen molar-refractivity contribution in [2.45, 2.75) is 56.0 Å². The lowest BCUT2D eigenvalue weighted by molar-refractivity contribution is -0.149. The predicted octanol–water partition coefficient (Wildman–Crippen LogP) is 3.20. The molecule has 0 bridgehead atoms. The van der Waals surface area contributed by atoms with Gasteiger partial charge in [0.15, 0.2) is 0 Å². The maximum absolute atomic E-state index is 13.7. The molecule has 1 aliphatic carbocycles. The first-order chi connectivity index (χ1) is 19.5. The summed E-state index contributed by atoms with van der Waals surface area (Å²) < 4.78 is 35.1. The number of hydrogen-bond donors (Lipinski definition) is 2. The minimum Gasteiger partial charge on any atom is -0.465 e. The van der Waals surface area contributed by atoms with E-state index in [4.69, 9.17) is 27.9 Å².